The van der Waals surface area contributed by atoms with Gasteiger partial charge in [-0.3, -0.25) is 4.57 Å². The molecule has 0 N–H and O–H groups in total. The fourth-order valence-corrected chi connectivity index (χ4v) is 5.53. The molecular formula is C26H27N3O4S2. The third-order valence-corrected chi connectivity index (χ3v) is 7.91. The van der Waals surface area contributed by atoms with E-state index in [1.807, 2.05) is 66.1 Å². The maximum absolute atomic E-state index is 13.1. The molecule has 0 bridgehead atoms. The van der Waals surface area contributed by atoms with E-state index >= 15 is 0 Å². The average molecular weight is 510 g/mol. The van der Waals surface area contributed by atoms with Crippen molar-refractivity contribution in [2.45, 2.75) is 29.1 Å². The van der Waals surface area contributed by atoms with E-state index in [1.165, 1.54) is 11.8 Å². The minimum atomic E-state index is -3.57. The Labute approximate surface area is 210 Å². The number of sulfone groups is 1. The Kier molecular flexibility index (Phi) is 8.09. The van der Waals surface area contributed by atoms with Gasteiger partial charge in [0.25, 0.3) is 0 Å². The number of rotatable bonds is 11. The van der Waals surface area contributed by atoms with Crippen LogP contribution in [-0.4, -0.2) is 42.7 Å². The lowest BCUT2D eigenvalue weighted by Crippen LogP contribution is -2.11. The van der Waals surface area contributed by atoms with E-state index < -0.39 is 9.84 Å². The summed E-state index contributed by atoms with van der Waals surface area (Å²) >= 11 is 1.52. The molecule has 0 amide bonds. The quantitative estimate of drug-likeness (QED) is 0.205. The Morgan fingerprint density at radius 1 is 0.886 bits per heavy atom. The van der Waals surface area contributed by atoms with Crippen LogP contribution in [0.3, 0.4) is 0 Å². The van der Waals surface area contributed by atoms with Crippen LogP contribution in [0.5, 0.6) is 11.5 Å². The van der Waals surface area contributed by atoms with Crippen LogP contribution in [0, 0.1) is 6.92 Å². The van der Waals surface area contributed by atoms with Gasteiger partial charge in [-0.2, -0.15) is 0 Å². The van der Waals surface area contributed by atoms with Crippen LogP contribution in [-0.2, 0) is 15.6 Å². The van der Waals surface area contributed by atoms with Gasteiger partial charge in [-0.25, -0.2) is 8.42 Å². The number of thioether (sulfide) groups is 1. The summed E-state index contributed by atoms with van der Waals surface area (Å²) in [5.41, 5.74) is 1.83. The lowest BCUT2D eigenvalue weighted by Gasteiger charge is -2.11. The molecule has 35 heavy (non-hydrogen) atoms. The van der Waals surface area contributed by atoms with Crippen LogP contribution in [0.15, 0.2) is 88.9 Å². The molecule has 0 radical (unpaired) electrons. The monoisotopic (exact) mass is 509 g/mol. The molecule has 0 aliphatic heterocycles. The third-order valence-electron chi connectivity index (χ3n) is 5.26. The zero-order valence-electron chi connectivity index (χ0n) is 19.6. The first kappa shape index (κ1) is 24.8. The fraction of sp³-hybridized carbons (Fsp3) is 0.231. The average Bonchev–Trinajstić information content (AvgIpc) is 3.26. The highest BCUT2D eigenvalue weighted by molar-refractivity contribution is 7.99. The second-order valence-corrected chi connectivity index (χ2v) is 10.9. The van der Waals surface area contributed by atoms with Crippen molar-refractivity contribution < 1.29 is 17.9 Å². The van der Waals surface area contributed by atoms with Crippen LogP contribution in [0.1, 0.15) is 17.8 Å². The van der Waals surface area contributed by atoms with Crippen molar-refractivity contribution in [2.24, 2.45) is 0 Å². The van der Waals surface area contributed by atoms with Crippen molar-refractivity contribution in [3.05, 3.63) is 90.3 Å². The van der Waals surface area contributed by atoms with Gasteiger partial charge in [-0.05, 0) is 61.9 Å². The number of hydrogen-bond donors (Lipinski definition) is 0. The van der Waals surface area contributed by atoms with E-state index in [0.29, 0.717) is 17.6 Å². The molecule has 0 fully saturated rings. The van der Waals surface area contributed by atoms with Gasteiger partial charge in [0.1, 0.15) is 17.3 Å². The molecule has 3 aromatic carbocycles. The molecule has 4 aromatic rings. The van der Waals surface area contributed by atoms with E-state index in [9.17, 15) is 8.42 Å². The second kappa shape index (κ2) is 11.4. The molecule has 1 heterocycles. The number of aryl methyl sites for hydroxylation is 1. The first-order chi connectivity index (χ1) is 17.0. The SMILES string of the molecule is COc1ccc(OCCCSc2nnc(CS(=O)(=O)c3ccc(C)cc3)n2-c2ccccc2)cc1. The van der Waals surface area contributed by atoms with E-state index in [1.54, 1.807) is 31.4 Å². The Morgan fingerprint density at radius 2 is 1.57 bits per heavy atom. The van der Waals surface area contributed by atoms with Gasteiger partial charge in [0.15, 0.2) is 20.8 Å². The number of aromatic nitrogens is 3. The standard InChI is InChI=1S/C26H27N3O4S2/c1-20-9-15-24(16-10-20)35(30,31)19-25-27-28-26(29(25)21-7-4-3-5-8-21)34-18-6-17-33-23-13-11-22(32-2)12-14-23/h3-5,7-16H,6,17-19H2,1-2H3. The molecule has 1 aromatic heterocycles. The molecule has 0 unspecified atom stereocenters. The Hall–Kier alpha value is -3.30. The highest BCUT2D eigenvalue weighted by atomic mass is 32.2. The van der Waals surface area contributed by atoms with E-state index in [0.717, 1.165) is 34.9 Å². The van der Waals surface area contributed by atoms with Gasteiger partial charge in [0.2, 0.25) is 0 Å². The van der Waals surface area contributed by atoms with E-state index in [2.05, 4.69) is 10.2 Å². The smallest absolute Gasteiger partial charge is 0.195 e. The second-order valence-electron chi connectivity index (χ2n) is 7.87. The van der Waals surface area contributed by atoms with E-state index in [-0.39, 0.29) is 10.6 Å². The number of methoxy groups -OCH3 is 1. The molecule has 0 saturated heterocycles. The number of ether oxygens (including phenoxy) is 2. The first-order valence-electron chi connectivity index (χ1n) is 11.1. The van der Waals surface area contributed by atoms with Crippen LogP contribution in [0.4, 0.5) is 0 Å². The Bertz CT molecular complexity index is 1340. The summed E-state index contributed by atoms with van der Waals surface area (Å²) in [6.45, 7) is 2.47. The van der Waals surface area contributed by atoms with Crippen LogP contribution >= 0.6 is 11.8 Å². The fourth-order valence-electron chi connectivity index (χ4n) is 3.41. The normalized spacial score (nSPS) is 11.4. The first-order valence-corrected chi connectivity index (χ1v) is 13.8. The van der Waals surface area contributed by atoms with Gasteiger partial charge in [0, 0.05) is 11.4 Å². The molecule has 0 spiro atoms. The Balaban J connectivity index is 1.45. The molecule has 182 valence electrons. The Morgan fingerprint density at radius 3 is 2.26 bits per heavy atom. The van der Waals surface area contributed by atoms with Crippen LogP contribution < -0.4 is 9.47 Å². The zero-order chi connectivity index (χ0) is 24.7. The summed E-state index contributed by atoms with van der Waals surface area (Å²) in [7, 11) is -1.94. The van der Waals surface area contributed by atoms with Gasteiger partial charge in [0.05, 0.1) is 18.6 Å². The van der Waals surface area contributed by atoms with Crippen molar-refractivity contribution in [3.63, 3.8) is 0 Å². The number of hydrogen-bond acceptors (Lipinski definition) is 7. The highest BCUT2D eigenvalue weighted by Crippen LogP contribution is 2.25. The summed E-state index contributed by atoms with van der Waals surface area (Å²) in [5, 5.41) is 9.22. The van der Waals surface area contributed by atoms with Crippen molar-refractivity contribution in [1.82, 2.24) is 14.8 Å². The van der Waals surface area contributed by atoms with Crippen LogP contribution in [0.25, 0.3) is 5.69 Å². The molecule has 4 rings (SSSR count). The molecular weight excluding hydrogens is 482 g/mol. The lowest BCUT2D eigenvalue weighted by atomic mass is 10.2. The molecule has 0 atom stereocenters. The summed E-state index contributed by atoms with van der Waals surface area (Å²) in [6, 6.07) is 23.9. The minimum absolute atomic E-state index is 0.237. The highest BCUT2D eigenvalue weighted by Gasteiger charge is 2.22. The predicted molar refractivity (Wildman–Crippen MR) is 137 cm³/mol. The maximum atomic E-state index is 13.1. The molecule has 7 nitrogen and oxygen atoms in total. The largest absolute Gasteiger partial charge is 0.497 e. The molecule has 0 aliphatic rings. The minimum Gasteiger partial charge on any atom is -0.497 e. The van der Waals surface area contributed by atoms with Crippen molar-refractivity contribution in [3.8, 4) is 17.2 Å². The summed E-state index contributed by atoms with van der Waals surface area (Å²) in [5.74, 6) is 2.46. The molecule has 0 saturated carbocycles. The molecule has 9 heteroatoms. The van der Waals surface area contributed by atoms with E-state index in [4.69, 9.17) is 9.47 Å². The topological polar surface area (TPSA) is 83.3 Å². The summed E-state index contributed by atoms with van der Waals surface area (Å²) in [4.78, 5) is 0.274. The number of nitrogens with zero attached hydrogens (tertiary/aromatic N) is 3. The number of benzene rings is 3. The van der Waals surface area contributed by atoms with Crippen molar-refractivity contribution in [2.75, 3.05) is 19.5 Å². The third kappa shape index (κ3) is 6.43. The maximum Gasteiger partial charge on any atom is 0.195 e. The van der Waals surface area contributed by atoms with Crippen molar-refractivity contribution >= 4 is 21.6 Å². The van der Waals surface area contributed by atoms with Crippen LogP contribution in [0.2, 0.25) is 0 Å². The zero-order valence-corrected chi connectivity index (χ0v) is 21.3. The van der Waals surface area contributed by atoms with Gasteiger partial charge >= 0.3 is 0 Å². The lowest BCUT2D eigenvalue weighted by molar-refractivity contribution is 0.318. The predicted octanol–water partition coefficient (Wildman–Crippen LogP) is 5.12. The van der Waals surface area contributed by atoms with Gasteiger partial charge in [-0.15, -0.1) is 10.2 Å². The van der Waals surface area contributed by atoms with Gasteiger partial charge < -0.3 is 9.47 Å². The summed E-state index contributed by atoms with van der Waals surface area (Å²) < 4.78 is 38.9. The summed E-state index contributed by atoms with van der Waals surface area (Å²) in [6.07, 6.45) is 0.787. The van der Waals surface area contributed by atoms with Crippen molar-refractivity contribution in [1.29, 1.82) is 0 Å². The molecule has 0 aliphatic carbocycles. The van der Waals surface area contributed by atoms with Gasteiger partial charge in [-0.1, -0.05) is 47.7 Å². The number of para-hydroxylation sites is 1.